The molecule has 5 heteroatoms. The molecule has 1 amide bonds. The minimum atomic E-state index is -2.76. The van der Waals surface area contributed by atoms with E-state index in [0.717, 1.165) is 30.7 Å². The van der Waals surface area contributed by atoms with E-state index in [2.05, 4.69) is 6.92 Å². The van der Waals surface area contributed by atoms with Crippen LogP contribution in [0, 0.1) is 0 Å². The van der Waals surface area contributed by atoms with E-state index >= 15 is 0 Å². The third-order valence-electron chi connectivity index (χ3n) is 2.75. The summed E-state index contributed by atoms with van der Waals surface area (Å²) in [5.74, 6) is -0.322. The molecule has 108 valence electrons. The molecule has 0 aliphatic carbocycles. The zero-order valence-corrected chi connectivity index (χ0v) is 12.1. The molecule has 0 rings (SSSR count). The SMILES string of the molecule is CCCCCCCCCCS(O)(O)C=CC(N)=O. The van der Waals surface area contributed by atoms with E-state index in [1.165, 1.54) is 32.1 Å². The highest BCUT2D eigenvalue weighted by molar-refractivity contribution is 8.26. The zero-order chi connectivity index (χ0) is 13.9. The number of nitrogens with two attached hydrogens (primary N) is 1. The van der Waals surface area contributed by atoms with E-state index in [-0.39, 0.29) is 0 Å². The van der Waals surface area contributed by atoms with Gasteiger partial charge in [0.05, 0.1) is 0 Å². The van der Waals surface area contributed by atoms with Gasteiger partial charge in [0.1, 0.15) is 0 Å². The van der Waals surface area contributed by atoms with Gasteiger partial charge < -0.3 is 5.73 Å². The summed E-state index contributed by atoms with van der Waals surface area (Å²) < 4.78 is 19.2. The van der Waals surface area contributed by atoms with Gasteiger partial charge in [-0.1, -0.05) is 51.9 Å². The second kappa shape index (κ2) is 10.4. The fourth-order valence-electron chi connectivity index (χ4n) is 1.69. The van der Waals surface area contributed by atoms with E-state index in [0.29, 0.717) is 5.75 Å². The van der Waals surface area contributed by atoms with Crippen LogP contribution < -0.4 is 5.73 Å². The lowest BCUT2D eigenvalue weighted by Crippen LogP contribution is -2.07. The molecule has 0 radical (unpaired) electrons. The lowest BCUT2D eigenvalue weighted by Gasteiger charge is -2.27. The maximum Gasteiger partial charge on any atom is 0.242 e. The third kappa shape index (κ3) is 12.0. The van der Waals surface area contributed by atoms with Gasteiger partial charge >= 0.3 is 0 Å². The predicted octanol–water partition coefficient (Wildman–Crippen LogP) is 3.88. The second-order valence-electron chi connectivity index (χ2n) is 4.60. The molecule has 0 saturated heterocycles. The quantitative estimate of drug-likeness (QED) is 0.396. The van der Waals surface area contributed by atoms with Crippen LogP contribution in [0.1, 0.15) is 58.3 Å². The van der Waals surface area contributed by atoms with Crippen LogP contribution in [0.3, 0.4) is 0 Å². The molecule has 0 unspecified atom stereocenters. The van der Waals surface area contributed by atoms with Gasteiger partial charge in [0, 0.05) is 17.2 Å². The molecular formula is C13H27NO3S. The molecule has 0 aromatic carbocycles. The Labute approximate surface area is 112 Å². The number of amides is 1. The van der Waals surface area contributed by atoms with E-state index in [1.807, 2.05) is 0 Å². The number of primary amides is 1. The molecule has 4 N–H and O–H groups in total. The highest BCUT2D eigenvalue weighted by Crippen LogP contribution is 2.41. The number of carbonyl (C=O) groups excluding carboxylic acids is 1. The summed E-state index contributed by atoms with van der Waals surface area (Å²) in [7, 11) is -2.76. The summed E-state index contributed by atoms with van der Waals surface area (Å²) in [6.07, 6.45) is 10.3. The maximum atomic E-state index is 10.5. The predicted molar refractivity (Wildman–Crippen MR) is 78.7 cm³/mol. The molecule has 18 heavy (non-hydrogen) atoms. The van der Waals surface area contributed by atoms with Crippen LogP contribution in [0.15, 0.2) is 11.5 Å². The van der Waals surface area contributed by atoms with Gasteiger partial charge in [0.25, 0.3) is 0 Å². The Balaban J connectivity index is 3.50. The molecule has 0 aromatic heterocycles. The number of carbonyl (C=O) groups is 1. The average molecular weight is 277 g/mol. The molecule has 0 heterocycles. The van der Waals surface area contributed by atoms with Crippen molar-refractivity contribution < 1.29 is 13.9 Å². The normalized spacial score (nSPS) is 13.1. The zero-order valence-electron chi connectivity index (χ0n) is 11.3. The molecule has 0 atom stereocenters. The van der Waals surface area contributed by atoms with Gasteiger partial charge in [0.2, 0.25) is 5.91 Å². The Kier molecular flexibility index (Phi) is 10.1. The summed E-state index contributed by atoms with van der Waals surface area (Å²) in [4.78, 5) is 10.5. The van der Waals surface area contributed by atoms with Crippen molar-refractivity contribution in [3.05, 3.63) is 11.5 Å². The third-order valence-corrected chi connectivity index (χ3v) is 4.21. The minimum absolute atomic E-state index is 0.325. The molecule has 0 aliphatic heterocycles. The van der Waals surface area contributed by atoms with Crippen LogP contribution in [-0.2, 0) is 4.79 Å². The van der Waals surface area contributed by atoms with E-state index in [1.54, 1.807) is 0 Å². The maximum absolute atomic E-state index is 10.5. The molecular weight excluding hydrogens is 250 g/mol. The van der Waals surface area contributed by atoms with Crippen molar-refractivity contribution in [3.63, 3.8) is 0 Å². The second-order valence-corrected chi connectivity index (χ2v) is 6.72. The first-order chi connectivity index (χ1) is 8.48. The van der Waals surface area contributed by atoms with Crippen LogP contribution in [0.25, 0.3) is 0 Å². The van der Waals surface area contributed by atoms with Crippen molar-refractivity contribution in [2.75, 3.05) is 5.75 Å². The fraction of sp³-hybridized carbons (Fsp3) is 0.769. The number of rotatable bonds is 11. The Morgan fingerprint density at radius 1 is 1.06 bits per heavy atom. The molecule has 0 saturated carbocycles. The van der Waals surface area contributed by atoms with Crippen molar-refractivity contribution in [3.8, 4) is 0 Å². The van der Waals surface area contributed by atoms with Crippen LogP contribution in [0.4, 0.5) is 0 Å². The standard InChI is InChI=1S/C13H27NO3S/c1-2-3-4-5-6-7-8-9-11-18(16,17)12-10-13(14)15/h10,12,16-17H,2-9,11H2,1H3,(H2,14,15). The van der Waals surface area contributed by atoms with Gasteiger partial charge in [-0.3, -0.25) is 13.9 Å². The van der Waals surface area contributed by atoms with Crippen molar-refractivity contribution in [1.29, 1.82) is 0 Å². The van der Waals surface area contributed by atoms with Gasteiger partial charge in [-0.15, -0.1) is 0 Å². The van der Waals surface area contributed by atoms with Crippen LogP contribution in [-0.4, -0.2) is 20.8 Å². The largest absolute Gasteiger partial charge is 0.366 e. The Morgan fingerprint density at radius 3 is 2.06 bits per heavy atom. The lowest BCUT2D eigenvalue weighted by atomic mass is 10.1. The average Bonchev–Trinajstić information content (AvgIpc) is 2.30. The first-order valence-electron chi connectivity index (χ1n) is 6.71. The summed E-state index contributed by atoms with van der Waals surface area (Å²) >= 11 is 0. The summed E-state index contributed by atoms with van der Waals surface area (Å²) in [6.45, 7) is 2.20. The monoisotopic (exact) mass is 277 g/mol. The van der Waals surface area contributed by atoms with Crippen molar-refractivity contribution in [1.82, 2.24) is 0 Å². The van der Waals surface area contributed by atoms with E-state index in [9.17, 15) is 13.9 Å². The van der Waals surface area contributed by atoms with Gasteiger partial charge in [-0.05, 0) is 6.42 Å². The number of hydrogen-bond donors (Lipinski definition) is 3. The summed E-state index contributed by atoms with van der Waals surface area (Å²) in [5.41, 5.74) is 4.90. The summed E-state index contributed by atoms with van der Waals surface area (Å²) in [5, 5.41) is 1.14. The van der Waals surface area contributed by atoms with Crippen LogP contribution in [0.5, 0.6) is 0 Å². The first-order valence-corrected chi connectivity index (χ1v) is 8.49. The summed E-state index contributed by atoms with van der Waals surface area (Å²) in [6, 6.07) is 0. The fourth-order valence-corrected chi connectivity index (χ4v) is 2.81. The van der Waals surface area contributed by atoms with Gasteiger partial charge in [0.15, 0.2) is 0 Å². The lowest BCUT2D eigenvalue weighted by molar-refractivity contribution is -0.113. The van der Waals surface area contributed by atoms with Crippen molar-refractivity contribution in [2.45, 2.75) is 58.3 Å². The van der Waals surface area contributed by atoms with Crippen molar-refractivity contribution >= 4 is 16.5 Å². The Morgan fingerprint density at radius 2 is 1.56 bits per heavy atom. The first kappa shape index (κ1) is 17.5. The van der Waals surface area contributed by atoms with Crippen molar-refractivity contribution in [2.24, 2.45) is 5.73 Å². The topological polar surface area (TPSA) is 83.6 Å². The Bertz CT molecular complexity index is 255. The molecule has 0 fully saturated rings. The highest BCUT2D eigenvalue weighted by atomic mass is 32.3. The molecule has 0 spiro atoms. The highest BCUT2D eigenvalue weighted by Gasteiger charge is 2.07. The van der Waals surface area contributed by atoms with Gasteiger partial charge in [-0.25, -0.2) is 0 Å². The molecule has 0 aliphatic rings. The van der Waals surface area contributed by atoms with E-state index in [4.69, 9.17) is 5.73 Å². The van der Waals surface area contributed by atoms with Gasteiger partial charge in [-0.2, -0.15) is 10.6 Å². The van der Waals surface area contributed by atoms with Crippen LogP contribution >= 0.6 is 10.6 Å². The molecule has 0 bridgehead atoms. The number of unbranched alkanes of at least 4 members (excludes halogenated alkanes) is 7. The molecule has 0 aromatic rings. The molecule has 4 nitrogen and oxygen atoms in total. The Hall–Kier alpha value is -0.520. The number of hydrogen-bond acceptors (Lipinski definition) is 3. The smallest absolute Gasteiger partial charge is 0.242 e. The minimum Gasteiger partial charge on any atom is -0.366 e. The van der Waals surface area contributed by atoms with E-state index < -0.39 is 16.5 Å². The van der Waals surface area contributed by atoms with Crippen LogP contribution in [0.2, 0.25) is 0 Å².